The first-order valence-corrected chi connectivity index (χ1v) is 12.8. The largest absolute Gasteiger partial charge is 0.300 e. The number of likely N-dealkylation sites (tertiary alicyclic amines) is 1. The first-order valence-electron chi connectivity index (χ1n) is 10.9. The number of aromatic nitrogens is 3. The number of nitrogens with zero attached hydrogens (tertiary/aromatic N) is 4. The van der Waals surface area contributed by atoms with E-state index >= 15 is 0 Å². The van der Waals surface area contributed by atoms with Crippen molar-refractivity contribution in [3.05, 3.63) is 36.5 Å². The molecule has 162 valence electrons. The molecule has 8 heteroatoms. The number of halogens is 1. The molecule has 0 N–H and O–H groups in total. The summed E-state index contributed by atoms with van der Waals surface area (Å²) >= 11 is 0. The standard InChI is InChI=1S/C12H19NO2S.C10H10FN3/c14-16(15)7-12(8-16)1-2-13(6-12)11-4-9-3-10(9)5-11;1-2-14-4-3-10(13-14)8-5-9(11)7-12-6-8/h9-11H,1-8H2;3-7H,2H2,1H3/t9-,10+,11?;. The lowest BCUT2D eigenvalue weighted by atomic mass is 9.91. The lowest BCUT2D eigenvalue weighted by Gasteiger charge is -2.38. The van der Waals surface area contributed by atoms with Crippen molar-refractivity contribution in [2.45, 2.75) is 45.2 Å². The molecule has 6 rings (SSSR count). The van der Waals surface area contributed by atoms with Crippen LogP contribution in [-0.2, 0) is 16.4 Å². The summed E-state index contributed by atoms with van der Waals surface area (Å²) in [6.45, 7) is 5.03. The molecule has 1 unspecified atom stereocenters. The van der Waals surface area contributed by atoms with Crippen LogP contribution in [0.3, 0.4) is 0 Å². The van der Waals surface area contributed by atoms with Gasteiger partial charge in [0.25, 0.3) is 0 Å². The molecule has 0 aromatic carbocycles. The molecule has 0 amide bonds. The van der Waals surface area contributed by atoms with Gasteiger partial charge in [-0.1, -0.05) is 0 Å². The second-order valence-electron chi connectivity index (χ2n) is 9.58. The molecule has 6 nitrogen and oxygen atoms in total. The van der Waals surface area contributed by atoms with Crippen molar-refractivity contribution >= 4 is 9.84 Å². The van der Waals surface area contributed by atoms with E-state index in [1.807, 2.05) is 19.2 Å². The van der Waals surface area contributed by atoms with Gasteiger partial charge in [-0.2, -0.15) is 5.10 Å². The van der Waals surface area contributed by atoms with Gasteiger partial charge in [0.15, 0.2) is 9.84 Å². The van der Waals surface area contributed by atoms with Gasteiger partial charge in [0.2, 0.25) is 0 Å². The number of aryl methyl sites for hydroxylation is 1. The summed E-state index contributed by atoms with van der Waals surface area (Å²) in [5, 5.41) is 4.25. The van der Waals surface area contributed by atoms with Crippen LogP contribution in [0.15, 0.2) is 30.7 Å². The number of hydrogen-bond donors (Lipinski definition) is 0. The average molecular weight is 433 g/mol. The Bertz CT molecular complexity index is 1020. The minimum atomic E-state index is -2.65. The Morgan fingerprint density at radius 1 is 1.20 bits per heavy atom. The van der Waals surface area contributed by atoms with Crippen LogP contribution >= 0.6 is 0 Å². The fraction of sp³-hybridized carbons (Fsp3) is 0.636. The number of pyridine rings is 1. The van der Waals surface area contributed by atoms with E-state index in [0.717, 1.165) is 49.6 Å². The molecular weight excluding hydrogens is 403 g/mol. The van der Waals surface area contributed by atoms with E-state index in [9.17, 15) is 12.8 Å². The lowest BCUT2D eigenvalue weighted by Crippen LogP contribution is -2.50. The Morgan fingerprint density at radius 3 is 2.60 bits per heavy atom. The minimum Gasteiger partial charge on any atom is -0.300 e. The molecule has 2 aliphatic carbocycles. The van der Waals surface area contributed by atoms with Crippen molar-refractivity contribution < 1.29 is 12.8 Å². The van der Waals surface area contributed by atoms with E-state index in [-0.39, 0.29) is 11.2 Å². The quantitative estimate of drug-likeness (QED) is 0.746. The van der Waals surface area contributed by atoms with Gasteiger partial charge in [-0.3, -0.25) is 14.6 Å². The monoisotopic (exact) mass is 432 g/mol. The van der Waals surface area contributed by atoms with Gasteiger partial charge in [-0.15, -0.1) is 0 Å². The Morgan fingerprint density at radius 2 is 1.97 bits per heavy atom. The molecule has 4 aliphatic rings. The summed E-state index contributed by atoms with van der Waals surface area (Å²) in [5.74, 6) is 2.67. The summed E-state index contributed by atoms with van der Waals surface area (Å²) in [5.41, 5.74) is 1.63. The molecule has 2 aliphatic heterocycles. The van der Waals surface area contributed by atoms with E-state index in [1.54, 1.807) is 10.9 Å². The third-order valence-electron chi connectivity index (χ3n) is 7.22. The lowest BCUT2D eigenvalue weighted by molar-refractivity contribution is 0.204. The topological polar surface area (TPSA) is 68.1 Å². The maximum absolute atomic E-state index is 12.8. The van der Waals surface area contributed by atoms with E-state index in [0.29, 0.717) is 17.1 Å². The molecule has 4 heterocycles. The third kappa shape index (κ3) is 4.04. The Balaban J connectivity index is 0.000000130. The van der Waals surface area contributed by atoms with Crippen molar-refractivity contribution in [1.29, 1.82) is 0 Å². The van der Waals surface area contributed by atoms with E-state index in [4.69, 9.17) is 0 Å². The summed E-state index contributed by atoms with van der Waals surface area (Å²) in [4.78, 5) is 6.37. The molecular formula is C22H29FN4O2S. The highest BCUT2D eigenvalue weighted by molar-refractivity contribution is 7.92. The second kappa shape index (κ2) is 7.41. The Labute approximate surface area is 177 Å². The first-order chi connectivity index (χ1) is 14.3. The van der Waals surface area contributed by atoms with Crippen LogP contribution in [0.2, 0.25) is 0 Å². The van der Waals surface area contributed by atoms with Crippen LogP contribution in [0.25, 0.3) is 11.3 Å². The smallest absolute Gasteiger partial charge is 0.151 e. The zero-order valence-electron chi connectivity index (χ0n) is 17.4. The van der Waals surface area contributed by atoms with E-state index in [2.05, 4.69) is 15.0 Å². The van der Waals surface area contributed by atoms with Crippen molar-refractivity contribution in [2.24, 2.45) is 17.3 Å². The molecule has 0 radical (unpaired) electrons. The van der Waals surface area contributed by atoms with Crippen molar-refractivity contribution in [1.82, 2.24) is 19.7 Å². The van der Waals surface area contributed by atoms with Crippen LogP contribution in [0.4, 0.5) is 4.39 Å². The molecule has 0 bridgehead atoms. The van der Waals surface area contributed by atoms with Gasteiger partial charge in [0, 0.05) is 42.5 Å². The van der Waals surface area contributed by atoms with Gasteiger partial charge in [0.05, 0.1) is 23.4 Å². The normalized spacial score (nSPS) is 30.4. The average Bonchev–Trinajstić information content (AvgIpc) is 3.12. The zero-order chi connectivity index (χ0) is 20.9. The zero-order valence-corrected chi connectivity index (χ0v) is 18.2. The van der Waals surface area contributed by atoms with Gasteiger partial charge >= 0.3 is 0 Å². The predicted octanol–water partition coefficient (Wildman–Crippen LogP) is 3.01. The number of sulfone groups is 1. The van der Waals surface area contributed by atoms with Crippen LogP contribution in [0.5, 0.6) is 0 Å². The summed E-state index contributed by atoms with van der Waals surface area (Å²) < 4.78 is 37.3. The minimum absolute atomic E-state index is 0.172. The summed E-state index contributed by atoms with van der Waals surface area (Å²) in [6.07, 6.45) is 10.0. The molecule has 2 aromatic heterocycles. The molecule has 3 atom stereocenters. The molecule has 2 saturated heterocycles. The molecule has 4 fully saturated rings. The fourth-order valence-corrected chi connectivity index (χ4v) is 7.89. The summed E-state index contributed by atoms with van der Waals surface area (Å²) in [6, 6.07) is 4.07. The predicted molar refractivity (Wildman–Crippen MR) is 113 cm³/mol. The Kier molecular flexibility index (Phi) is 4.97. The van der Waals surface area contributed by atoms with Crippen LogP contribution in [-0.4, -0.2) is 58.7 Å². The third-order valence-corrected chi connectivity index (χ3v) is 9.32. The highest BCUT2D eigenvalue weighted by Crippen LogP contribution is 2.54. The van der Waals surface area contributed by atoms with Crippen molar-refractivity contribution in [3.63, 3.8) is 0 Å². The number of rotatable bonds is 3. The second-order valence-corrected chi connectivity index (χ2v) is 11.6. The highest BCUT2D eigenvalue weighted by Gasteiger charge is 2.55. The number of fused-ring (bicyclic) bond motifs is 1. The maximum atomic E-state index is 12.8. The van der Waals surface area contributed by atoms with Crippen LogP contribution < -0.4 is 0 Å². The molecule has 2 saturated carbocycles. The van der Waals surface area contributed by atoms with Gasteiger partial charge in [-0.25, -0.2) is 12.8 Å². The SMILES string of the molecule is CCn1ccc(-c2cncc(F)c2)n1.O=S1(=O)CC2(CCN(C3C[C@@H]4C[C@@H]4C3)C2)C1. The van der Waals surface area contributed by atoms with Gasteiger partial charge in [0.1, 0.15) is 5.82 Å². The summed E-state index contributed by atoms with van der Waals surface area (Å²) in [7, 11) is -2.65. The van der Waals surface area contributed by atoms with Crippen molar-refractivity contribution in [2.75, 3.05) is 24.6 Å². The van der Waals surface area contributed by atoms with Gasteiger partial charge in [-0.05, 0) is 63.1 Å². The molecule has 30 heavy (non-hydrogen) atoms. The van der Waals surface area contributed by atoms with Crippen LogP contribution in [0, 0.1) is 23.1 Å². The van der Waals surface area contributed by atoms with E-state index in [1.165, 1.54) is 31.5 Å². The van der Waals surface area contributed by atoms with Gasteiger partial charge < -0.3 is 0 Å². The Hall–Kier alpha value is -1.80. The maximum Gasteiger partial charge on any atom is 0.151 e. The first kappa shape index (κ1) is 20.1. The fourth-order valence-electron chi connectivity index (χ4n) is 5.63. The highest BCUT2D eigenvalue weighted by atomic mass is 32.2. The van der Waals surface area contributed by atoms with Crippen LogP contribution in [0.1, 0.15) is 32.6 Å². The molecule has 1 spiro atoms. The van der Waals surface area contributed by atoms with E-state index < -0.39 is 9.84 Å². The molecule has 2 aromatic rings. The number of hydrogen-bond acceptors (Lipinski definition) is 5. The van der Waals surface area contributed by atoms with Crippen molar-refractivity contribution in [3.8, 4) is 11.3 Å².